The third-order valence-corrected chi connectivity index (χ3v) is 7.07. The van der Waals surface area contributed by atoms with E-state index in [-0.39, 0.29) is 20.3 Å². The number of nitro groups is 1. The molecule has 0 aliphatic carbocycles. The second-order valence-corrected chi connectivity index (χ2v) is 9.65. The molecule has 1 unspecified atom stereocenters. The first-order valence-electron chi connectivity index (χ1n) is 10.2. The largest absolute Gasteiger partial charge is 0.501 e. The second-order valence-electron chi connectivity index (χ2n) is 7.48. The number of thiazole rings is 1. The van der Waals surface area contributed by atoms with Gasteiger partial charge in [-0.05, 0) is 71.8 Å². The van der Waals surface area contributed by atoms with Crippen LogP contribution in [0.3, 0.4) is 0 Å². The average molecular weight is 609 g/mol. The molecule has 3 aromatic rings. The number of nitro benzene ring substituents is 1. The Bertz CT molecular complexity index is 1580. The van der Waals surface area contributed by atoms with E-state index < -0.39 is 39.7 Å². The average Bonchev–Trinajstić information content (AvgIpc) is 3.10. The van der Waals surface area contributed by atoms with Crippen molar-refractivity contribution in [1.82, 2.24) is 4.57 Å². The third-order valence-electron chi connectivity index (χ3n) is 5.26. The molecule has 0 saturated carbocycles. The van der Waals surface area contributed by atoms with E-state index in [1.165, 1.54) is 47.0 Å². The molecule has 0 saturated heterocycles. The Balaban J connectivity index is 1.96. The lowest BCUT2D eigenvalue weighted by molar-refractivity contribution is -0.386. The van der Waals surface area contributed by atoms with Crippen molar-refractivity contribution in [3.63, 3.8) is 0 Å². The highest BCUT2D eigenvalue weighted by Crippen LogP contribution is 2.33. The van der Waals surface area contributed by atoms with Crippen LogP contribution in [0.1, 0.15) is 31.0 Å². The minimum atomic E-state index is -0.901. The Kier molecular flexibility index (Phi) is 6.85. The van der Waals surface area contributed by atoms with Crippen molar-refractivity contribution >= 4 is 51.7 Å². The number of carbonyl (C=O) groups excluding carboxylic acids is 1. The molecule has 4 rings (SSSR count). The smallest absolute Gasteiger partial charge is 0.338 e. The van der Waals surface area contributed by atoms with Crippen LogP contribution in [0.2, 0.25) is 0 Å². The first-order chi connectivity index (χ1) is 16.6. The maximum atomic E-state index is 13.6. The Morgan fingerprint density at radius 1 is 1.37 bits per heavy atom. The first-order valence-corrected chi connectivity index (χ1v) is 12.1. The van der Waals surface area contributed by atoms with Gasteiger partial charge in [0.25, 0.3) is 5.56 Å². The van der Waals surface area contributed by atoms with Gasteiger partial charge in [-0.25, -0.2) is 14.2 Å². The lowest BCUT2D eigenvalue weighted by Gasteiger charge is -2.24. The lowest BCUT2D eigenvalue weighted by atomic mass is 9.96. The fourth-order valence-electron chi connectivity index (χ4n) is 3.73. The van der Waals surface area contributed by atoms with E-state index in [1.54, 1.807) is 36.4 Å². The number of hydrogen-bond donors (Lipinski definition) is 1. The molecule has 0 fully saturated rings. The summed E-state index contributed by atoms with van der Waals surface area (Å²) in [5.74, 6) is -1.57. The molecule has 1 aliphatic heterocycles. The van der Waals surface area contributed by atoms with Crippen molar-refractivity contribution in [3.05, 3.63) is 98.0 Å². The van der Waals surface area contributed by atoms with Crippen LogP contribution in [0.15, 0.2) is 57.5 Å². The van der Waals surface area contributed by atoms with Crippen LogP contribution < -0.4 is 14.9 Å². The van der Waals surface area contributed by atoms with Crippen LogP contribution in [-0.4, -0.2) is 27.2 Å². The second kappa shape index (κ2) is 9.70. The summed E-state index contributed by atoms with van der Waals surface area (Å²) < 4.78 is 20.6. The number of nitrogens with zero attached hydrogens (tertiary/aromatic N) is 3. The van der Waals surface area contributed by atoms with Crippen LogP contribution in [0.4, 0.5) is 10.1 Å². The molecule has 1 atom stereocenters. The monoisotopic (exact) mass is 609 g/mol. The number of esters is 1. The summed E-state index contributed by atoms with van der Waals surface area (Å²) in [6.07, 6.45) is 1.46. The zero-order valence-corrected chi connectivity index (χ0v) is 21.3. The normalized spacial score (nSPS) is 15.5. The quantitative estimate of drug-likeness (QED) is 0.205. The molecule has 2 heterocycles. The van der Waals surface area contributed by atoms with Crippen molar-refractivity contribution in [2.75, 3.05) is 6.61 Å². The highest BCUT2D eigenvalue weighted by Gasteiger charge is 2.33. The number of phenols is 1. The SMILES string of the molecule is CCOC(=O)C1=C(C)N=c2s/c(=C/c3cc(I)c(O)c([N+](=O)[O-])c3)c(=O)n2C1c1ccc(F)cc1. The number of phenolic OH excluding ortho intramolecular Hbond substituents is 1. The molecular weight excluding hydrogens is 592 g/mol. The zero-order chi connectivity index (χ0) is 25.4. The third kappa shape index (κ3) is 4.62. The molecule has 0 radical (unpaired) electrons. The number of benzene rings is 2. The molecule has 180 valence electrons. The van der Waals surface area contributed by atoms with Crippen molar-refractivity contribution < 1.29 is 24.0 Å². The highest BCUT2D eigenvalue weighted by molar-refractivity contribution is 14.1. The summed E-state index contributed by atoms with van der Waals surface area (Å²) in [6.45, 7) is 3.41. The van der Waals surface area contributed by atoms with Crippen molar-refractivity contribution in [2.45, 2.75) is 19.9 Å². The molecule has 1 aliphatic rings. The van der Waals surface area contributed by atoms with Gasteiger partial charge in [0.2, 0.25) is 5.75 Å². The maximum Gasteiger partial charge on any atom is 0.338 e. The van der Waals surface area contributed by atoms with E-state index in [2.05, 4.69) is 4.99 Å². The summed E-state index contributed by atoms with van der Waals surface area (Å²) in [4.78, 5) is 41.7. The van der Waals surface area contributed by atoms with E-state index in [1.807, 2.05) is 0 Å². The molecule has 12 heteroatoms. The van der Waals surface area contributed by atoms with Crippen LogP contribution in [0.25, 0.3) is 6.08 Å². The van der Waals surface area contributed by atoms with Gasteiger partial charge < -0.3 is 9.84 Å². The Morgan fingerprint density at radius 2 is 2.06 bits per heavy atom. The summed E-state index contributed by atoms with van der Waals surface area (Å²) in [5, 5.41) is 21.3. The summed E-state index contributed by atoms with van der Waals surface area (Å²) >= 11 is 2.82. The van der Waals surface area contributed by atoms with Gasteiger partial charge in [-0.3, -0.25) is 19.5 Å². The van der Waals surface area contributed by atoms with Crippen LogP contribution in [0, 0.1) is 19.5 Å². The standard InChI is InChI=1S/C23H17FIN3O6S/c1-3-34-22(31)18-11(2)26-23-27(19(18)13-4-6-14(24)7-5-13)21(30)17(35-23)10-12-8-15(25)20(29)16(9-12)28(32)33/h4-10,19,29H,3H2,1-2H3/b17-10+. The van der Waals surface area contributed by atoms with Gasteiger partial charge in [0.05, 0.1) is 36.9 Å². The first kappa shape index (κ1) is 24.7. The molecule has 2 aromatic carbocycles. The number of rotatable bonds is 5. The fourth-order valence-corrected chi connectivity index (χ4v) is 5.41. The van der Waals surface area contributed by atoms with Gasteiger partial charge in [0.15, 0.2) is 4.80 Å². The van der Waals surface area contributed by atoms with Gasteiger partial charge in [0, 0.05) is 6.07 Å². The number of carbonyl (C=O) groups is 1. The minimum Gasteiger partial charge on any atom is -0.501 e. The Hall–Kier alpha value is -3.39. The van der Waals surface area contributed by atoms with Crippen LogP contribution >= 0.6 is 33.9 Å². The number of ether oxygens (including phenoxy) is 1. The molecule has 0 bridgehead atoms. The van der Waals surface area contributed by atoms with Gasteiger partial charge in [-0.1, -0.05) is 23.5 Å². The lowest BCUT2D eigenvalue weighted by Crippen LogP contribution is -2.39. The van der Waals surface area contributed by atoms with E-state index in [4.69, 9.17) is 4.74 Å². The molecule has 1 aromatic heterocycles. The molecule has 0 amide bonds. The topological polar surface area (TPSA) is 124 Å². The van der Waals surface area contributed by atoms with Crippen LogP contribution in [-0.2, 0) is 9.53 Å². The Morgan fingerprint density at radius 3 is 2.69 bits per heavy atom. The van der Waals surface area contributed by atoms with Crippen molar-refractivity contribution in [1.29, 1.82) is 0 Å². The molecule has 35 heavy (non-hydrogen) atoms. The van der Waals surface area contributed by atoms with E-state index in [9.17, 15) is 29.2 Å². The number of hydrogen-bond acceptors (Lipinski definition) is 8. The maximum absolute atomic E-state index is 13.6. The number of allylic oxidation sites excluding steroid dienone is 1. The predicted octanol–water partition coefficient (Wildman–Crippen LogP) is 3.16. The predicted molar refractivity (Wildman–Crippen MR) is 134 cm³/mol. The number of fused-ring (bicyclic) bond motifs is 1. The van der Waals surface area contributed by atoms with E-state index in [0.29, 0.717) is 21.6 Å². The number of aromatic nitrogens is 1. The summed E-state index contributed by atoms with van der Waals surface area (Å²) in [5.41, 5.74) is 0.381. The van der Waals surface area contributed by atoms with Crippen molar-refractivity contribution in [2.24, 2.45) is 4.99 Å². The Labute approximate surface area is 214 Å². The number of aromatic hydroxyl groups is 1. The molecular formula is C23H17FIN3O6S. The number of halogens is 2. The zero-order valence-electron chi connectivity index (χ0n) is 18.3. The van der Waals surface area contributed by atoms with Crippen molar-refractivity contribution in [3.8, 4) is 5.75 Å². The summed E-state index contributed by atoms with van der Waals surface area (Å²) in [6, 6.07) is 7.22. The van der Waals surface area contributed by atoms with Crippen LogP contribution in [0.5, 0.6) is 5.75 Å². The molecule has 9 nitrogen and oxygen atoms in total. The fraction of sp³-hybridized carbons (Fsp3) is 0.174. The van der Waals surface area contributed by atoms with Gasteiger partial charge in [-0.15, -0.1) is 0 Å². The van der Waals surface area contributed by atoms with Gasteiger partial charge >= 0.3 is 11.7 Å². The van der Waals surface area contributed by atoms with E-state index >= 15 is 0 Å². The van der Waals surface area contributed by atoms with Gasteiger partial charge in [0.1, 0.15) is 5.82 Å². The summed E-state index contributed by atoms with van der Waals surface area (Å²) in [7, 11) is 0. The molecule has 0 spiro atoms. The van der Waals surface area contributed by atoms with E-state index in [0.717, 1.165) is 11.3 Å². The molecule has 1 N–H and O–H groups in total. The highest BCUT2D eigenvalue weighted by atomic mass is 127. The van der Waals surface area contributed by atoms with Gasteiger partial charge in [-0.2, -0.15) is 0 Å². The minimum absolute atomic E-state index is 0.119.